The lowest BCUT2D eigenvalue weighted by Crippen LogP contribution is -2.38. The van der Waals surface area contributed by atoms with Gasteiger partial charge in [-0.25, -0.2) is 13.8 Å². The van der Waals surface area contributed by atoms with Crippen LogP contribution >= 0.6 is 11.3 Å². The van der Waals surface area contributed by atoms with Crippen LogP contribution in [-0.4, -0.2) is 24.5 Å². The van der Waals surface area contributed by atoms with Crippen molar-refractivity contribution in [1.29, 1.82) is 0 Å². The van der Waals surface area contributed by atoms with Gasteiger partial charge in [-0.05, 0) is 24.6 Å². The summed E-state index contributed by atoms with van der Waals surface area (Å²) in [4.78, 5) is 9.69. The molecule has 1 aromatic heterocycles. The molecule has 0 aliphatic heterocycles. The van der Waals surface area contributed by atoms with E-state index in [0.29, 0.717) is 12.5 Å². The van der Waals surface area contributed by atoms with Gasteiger partial charge in [-0.2, -0.15) is 0 Å². The number of nitrogens with one attached hydrogen (secondary N) is 2. The average Bonchev–Trinajstić information content (AvgIpc) is 3.01. The summed E-state index contributed by atoms with van der Waals surface area (Å²) < 4.78 is 26.7. The SMILES string of the molecule is CCc1cnc(CCNC(=NC)NCc2cc(F)ccc2F)s1. The lowest BCUT2D eigenvalue weighted by molar-refractivity contribution is 0.581. The number of aliphatic imine (C=N–C) groups is 1. The van der Waals surface area contributed by atoms with Gasteiger partial charge in [0.2, 0.25) is 0 Å². The van der Waals surface area contributed by atoms with Gasteiger partial charge in [0.25, 0.3) is 0 Å². The van der Waals surface area contributed by atoms with E-state index in [9.17, 15) is 8.78 Å². The van der Waals surface area contributed by atoms with Crippen molar-refractivity contribution in [2.45, 2.75) is 26.3 Å². The third-order valence-electron chi connectivity index (χ3n) is 3.26. The number of benzene rings is 1. The number of hydrogen-bond acceptors (Lipinski definition) is 3. The molecule has 0 saturated carbocycles. The van der Waals surface area contributed by atoms with E-state index in [2.05, 4.69) is 27.5 Å². The molecule has 2 aromatic rings. The molecule has 0 radical (unpaired) electrons. The highest BCUT2D eigenvalue weighted by Crippen LogP contribution is 2.13. The van der Waals surface area contributed by atoms with Crippen molar-refractivity contribution in [3.8, 4) is 0 Å². The minimum absolute atomic E-state index is 0.167. The van der Waals surface area contributed by atoms with Crippen molar-refractivity contribution < 1.29 is 8.78 Å². The fourth-order valence-electron chi connectivity index (χ4n) is 1.99. The fourth-order valence-corrected chi connectivity index (χ4v) is 2.86. The summed E-state index contributed by atoms with van der Waals surface area (Å²) >= 11 is 1.70. The van der Waals surface area contributed by atoms with Gasteiger partial charge in [0, 0.05) is 43.2 Å². The third kappa shape index (κ3) is 5.28. The van der Waals surface area contributed by atoms with E-state index >= 15 is 0 Å². The number of nitrogens with zero attached hydrogens (tertiary/aromatic N) is 2. The Kier molecular flexibility index (Phi) is 6.46. The van der Waals surface area contributed by atoms with Crippen LogP contribution in [0.4, 0.5) is 8.78 Å². The van der Waals surface area contributed by atoms with E-state index < -0.39 is 11.6 Å². The Hall–Kier alpha value is -2.02. The summed E-state index contributed by atoms with van der Waals surface area (Å²) in [6, 6.07) is 3.40. The molecule has 4 nitrogen and oxygen atoms in total. The van der Waals surface area contributed by atoms with Gasteiger partial charge in [0.1, 0.15) is 11.6 Å². The molecule has 1 aromatic carbocycles. The Morgan fingerprint density at radius 2 is 2.13 bits per heavy atom. The smallest absolute Gasteiger partial charge is 0.191 e. The van der Waals surface area contributed by atoms with Gasteiger partial charge in [-0.1, -0.05) is 6.92 Å². The maximum Gasteiger partial charge on any atom is 0.191 e. The Morgan fingerprint density at radius 3 is 2.83 bits per heavy atom. The highest BCUT2D eigenvalue weighted by Gasteiger charge is 2.06. The molecular weight excluding hydrogens is 318 g/mol. The van der Waals surface area contributed by atoms with Crippen molar-refractivity contribution in [3.05, 3.63) is 51.5 Å². The second-order valence-corrected chi connectivity index (χ2v) is 6.11. The van der Waals surface area contributed by atoms with Crippen molar-refractivity contribution in [1.82, 2.24) is 15.6 Å². The molecule has 0 saturated heterocycles. The number of aryl methyl sites for hydroxylation is 1. The van der Waals surface area contributed by atoms with E-state index in [1.165, 1.54) is 10.9 Å². The highest BCUT2D eigenvalue weighted by atomic mass is 32.1. The lowest BCUT2D eigenvalue weighted by atomic mass is 10.2. The van der Waals surface area contributed by atoms with Crippen LogP contribution in [0.25, 0.3) is 0 Å². The van der Waals surface area contributed by atoms with Crippen LogP contribution in [-0.2, 0) is 19.4 Å². The second kappa shape index (κ2) is 8.57. The van der Waals surface area contributed by atoms with E-state index in [0.717, 1.165) is 30.0 Å². The molecule has 0 spiro atoms. The zero-order chi connectivity index (χ0) is 16.7. The first-order chi connectivity index (χ1) is 11.1. The van der Waals surface area contributed by atoms with Gasteiger partial charge in [-0.3, -0.25) is 4.99 Å². The van der Waals surface area contributed by atoms with Crippen molar-refractivity contribution in [3.63, 3.8) is 0 Å². The first-order valence-corrected chi connectivity index (χ1v) is 8.26. The van der Waals surface area contributed by atoms with Gasteiger partial charge >= 0.3 is 0 Å². The van der Waals surface area contributed by atoms with Gasteiger partial charge in [0.05, 0.1) is 5.01 Å². The van der Waals surface area contributed by atoms with E-state index in [4.69, 9.17) is 0 Å². The molecule has 0 aliphatic rings. The molecule has 0 bridgehead atoms. The zero-order valence-electron chi connectivity index (χ0n) is 13.2. The number of thiazole rings is 1. The molecule has 0 fully saturated rings. The Morgan fingerprint density at radius 1 is 1.30 bits per heavy atom. The fraction of sp³-hybridized carbons (Fsp3) is 0.375. The van der Waals surface area contributed by atoms with Crippen molar-refractivity contribution >= 4 is 17.3 Å². The topological polar surface area (TPSA) is 49.3 Å². The van der Waals surface area contributed by atoms with Crippen LogP contribution in [0.1, 0.15) is 22.4 Å². The predicted molar refractivity (Wildman–Crippen MR) is 89.8 cm³/mol. The number of hydrogen-bond donors (Lipinski definition) is 2. The van der Waals surface area contributed by atoms with Crippen molar-refractivity contribution in [2.75, 3.05) is 13.6 Å². The second-order valence-electron chi connectivity index (χ2n) is 4.91. The molecule has 0 aliphatic carbocycles. The number of guanidine groups is 1. The summed E-state index contributed by atoms with van der Waals surface area (Å²) in [5, 5.41) is 7.18. The van der Waals surface area contributed by atoms with Crippen LogP contribution < -0.4 is 10.6 Å². The Bertz CT molecular complexity index is 670. The van der Waals surface area contributed by atoms with E-state index in [-0.39, 0.29) is 12.1 Å². The maximum absolute atomic E-state index is 13.6. The number of aromatic nitrogens is 1. The monoisotopic (exact) mass is 338 g/mol. The van der Waals surface area contributed by atoms with Crippen LogP contribution in [0.5, 0.6) is 0 Å². The van der Waals surface area contributed by atoms with Crippen LogP contribution in [0, 0.1) is 11.6 Å². The maximum atomic E-state index is 13.6. The van der Waals surface area contributed by atoms with E-state index in [1.807, 2.05) is 6.20 Å². The van der Waals surface area contributed by atoms with Crippen molar-refractivity contribution in [2.24, 2.45) is 4.99 Å². The Labute approximate surface area is 138 Å². The number of halogens is 2. The molecular formula is C16H20F2N4S. The summed E-state index contributed by atoms with van der Waals surface area (Å²) in [6.45, 7) is 2.94. The van der Waals surface area contributed by atoms with Gasteiger partial charge in [-0.15, -0.1) is 11.3 Å². The molecule has 2 N–H and O–H groups in total. The molecule has 124 valence electrons. The highest BCUT2D eigenvalue weighted by molar-refractivity contribution is 7.11. The molecule has 0 atom stereocenters. The average molecular weight is 338 g/mol. The normalized spacial score (nSPS) is 11.6. The van der Waals surface area contributed by atoms with Gasteiger partial charge < -0.3 is 10.6 Å². The quantitative estimate of drug-likeness (QED) is 0.629. The molecule has 23 heavy (non-hydrogen) atoms. The summed E-state index contributed by atoms with van der Waals surface area (Å²) in [7, 11) is 1.63. The zero-order valence-corrected chi connectivity index (χ0v) is 14.0. The summed E-state index contributed by atoms with van der Waals surface area (Å²) in [5.41, 5.74) is 0.264. The standard InChI is InChI=1S/C16H20F2N4S/c1-3-13-10-21-15(23-13)6-7-20-16(19-2)22-9-11-8-12(17)4-5-14(11)18/h4-5,8,10H,3,6-7,9H2,1-2H3,(H2,19,20,22). The van der Waals surface area contributed by atoms with Gasteiger partial charge in [0.15, 0.2) is 5.96 Å². The Balaban J connectivity index is 1.80. The molecule has 0 unspecified atom stereocenters. The first-order valence-electron chi connectivity index (χ1n) is 7.44. The van der Waals surface area contributed by atoms with E-state index in [1.54, 1.807) is 18.4 Å². The van der Waals surface area contributed by atoms with Crippen LogP contribution in [0.3, 0.4) is 0 Å². The first kappa shape index (κ1) is 17.3. The lowest BCUT2D eigenvalue weighted by Gasteiger charge is -2.12. The van der Waals surface area contributed by atoms with Crippen LogP contribution in [0.15, 0.2) is 29.4 Å². The minimum atomic E-state index is -0.457. The molecule has 7 heteroatoms. The van der Waals surface area contributed by atoms with Crippen LogP contribution in [0.2, 0.25) is 0 Å². The summed E-state index contributed by atoms with van der Waals surface area (Å²) in [6.07, 6.45) is 3.69. The minimum Gasteiger partial charge on any atom is -0.356 e. The predicted octanol–water partition coefficient (Wildman–Crippen LogP) is 2.89. The molecule has 2 rings (SSSR count). The largest absolute Gasteiger partial charge is 0.356 e. The number of rotatable bonds is 6. The molecule has 1 heterocycles. The third-order valence-corrected chi connectivity index (χ3v) is 4.46. The summed E-state index contributed by atoms with van der Waals surface area (Å²) in [5.74, 6) is -0.355. The molecule has 0 amide bonds.